The van der Waals surface area contributed by atoms with Crippen molar-refractivity contribution in [3.63, 3.8) is 0 Å². The molecular formula is C15H18O3S. The summed E-state index contributed by atoms with van der Waals surface area (Å²) in [6, 6.07) is 12.4. The van der Waals surface area contributed by atoms with Crippen LogP contribution in [0.15, 0.2) is 36.4 Å². The number of fused-ring (bicyclic) bond motifs is 1. The molecule has 0 aliphatic carbocycles. The van der Waals surface area contributed by atoms with Gasteiger partial charge in [0.2, 0.25) is 0 Å². The minimum Gasteiger partial charge on any atom is -0.286 e. The third kappa shape index (κ3) is 3.78. The summed E-state index contributed by atoms with van der Waals surface area (Å²) in [7, 11) is -3.86. The number of rotatable bonds is 5. The molecule has 0 amide bonds. The molecule has 2 aromatic carbocycles. The van der Waals surface area contributed by atoms with Crippen LogP contribution >= 0.6 is 0 Å². The Kier molecular flexibility index (Phi) is 4.22. The molecule has 1 N–H and O–H groups in total. The molecule has 19 heavy (non-hydrogen) atoms. The van der Waals surface area contributed by atoms with Crippen molar-refractivity contribution < 1.29 is 13.0 Å². The second-order valence-corrected chi connectivity index (χ2v) is 6.29. The zero-order valence-corrected chi connectivity index (χ0v) is 11.8. The van der Waals surface area contributed by atoms with E-state index in [9.17, 15) is 8.42 Å². The lowest BCUT2D eigenvalue weighted by Gasteiger charge is -2.09. The van der Waals surface area contributed by atoms with Crippen LogP contribution in [0.4, 0.5) is 0 Å². The monoisotopic (exact) mass is 278 g/mol. The first-order chi connectivity index (χ1) is 8.99. The first-order valence-electron chi connectivity index (χ1n) is 6.45. The van der Waals surface area contributed by atoms with E-state index in [1.54, 1.807) is 0 Å². The molecule has 4 heteroatoms. The Balaban J connectivity index is 2.30. The minimum atomic E-state index is -3.86. The minimum absolute atomic E-state index is 0.183. The summed E-state index contributed by atoms with van der Waals surface area (Å²) in [6.07, 6.45) is 2.06. The number of aryl methyl sites for hydroxylation is 2. The Morgan fingerprint density at radius 1 is 1.16 bits per heavy atom. The van der Waals surface area contributed by atoms with E-state index in [0.29, 0.717) is 12.8 Å². The van der Waals surface area contributed by atoms with Gasteiger partial charge < -0.3 is 0 Å². The standard InChI is InChI=1S/C15H18O3S/c1-2-12-10-13-6-3-4-8-15(13)14(11-12)7-5-9-19(16,17)18/h3-4,6,8,10-11H,2,5,7,9H2,1H3,(H,16,17,18). The van der Waals surface area contributed by atoms with Crippen molar-refractivity contribution in [3.05, 3.63) is 47.5 Å². The Morgan fingerprint density at radius 2 is 1.89 bits per heavy atom. The molecule has 0 spiro atoms. The van der Waals surface area contributed by atoms with E-state index in [0.717, 1.165) is 17.4 Å². The van der Waals surface area contributed by atoms with Gasteiger partial charge >= 0.3 is 0 Å². The van der Waals surface area contributed by atoms with Gasteiger partial charge in [-0.25, -0.2) is 0 Å². The van der Waals surface area contributed by atoms with E-state index in [4.69, 9.17) is 4.55 Å². The Morgan fingerprint density at radius 3 is 2.58 bits per heavy atom. The van der Waals surface area contributed by atoms with Crippen LogP contribution in [0.3, 0.4) is 0 Å². The zero-order valence-electron chi connectivity index (χ0n) is 11.0. The quantitative estimate of drug-likeness (QED) is 0.854. The molecule has 0 bridgehead atoms. The Hall–Kier alpha value is -1.39. The van der Waals surface area contributed by atoms with E-state index in [1.807, 2.05) is 12.1 Å². The van der Waals surface area contributed by atoms with Crippen LogP contribution in [-0.2, 0) is 23.0 Å². The third-order valence-corrected chi connectivity index (χ3v) is 4.07. The van der Waals surface area contributed by atoms with Crippen LogP contribution < -0.4 is 0 Å². The molecule has 0 fully saturated rings. The molecule has 0 saturated heterocycles. The van der Waals surface area contributed by atoms with Gasteiger partial charge in [-0.2, -0.15) is 8.42 Å². The van der Waals surface area contributed by atoms with Crippen LogP contribution in [-0.4, -0.2) is 18.7 Å². The van der Waals surface area contributed by atoms with E-state index >= 15 is 0 Å². The van der Waals surface area contributed by atoms with Gasteiger partial charge in [-0.15, -0.1) is 0 Å². The van der Waals surface area contributed by atoms with Gasteiger partial charge in [-0.1, -0.05) is 43.3 Å². The average molecular weight is 278 g/mol. The smallest absolute Gasteiger partial charge is 0.264 e. The van der Waals surface area contributed by atoms with Crippen LogP contribution in [0.25, 0.3) is 10.8 Å². The van der Waals surface area contributed by atoms with Crippen molar-refractivity contribution in [2.45, 2.75) is 26.2 Å². The summed E-state index contributed by atoms with van der Waals surface area (Å²) in [6.45, 7) is 2.10. The van der Waals surface area contributed by atoms with E-state index in [2.05, 4.69) is 31.2 Å². The molecule has 0 aliphatic rings. The summed E-state index contributed by atoms with van der Waals surface area (Å²) in [5.74, 6) is -0.183. The van der Waals surface area contributed by atoms with E-state index in [1.165, 1.54) is 10.9 Å². The largest absolute Gasteiger partial charge is 0.286 e. The van der Waals surface area contributed by atoms with Gasteiger partial charge in [0.15, 0.2) is 0 Å². The molecule has 3 nitrogen and oxygen atoms in total. The lowest BCUT2D eigenvalue weighted by atomic mass is 9.97. The van der Waals surface area contributed by atoms with E-state index < -0.39 is 10.1 Å². The third-order valence-electron chi connectivity index (χ3n) is 3.26. The maximum Gasteiger partial charge on any atom is 0.264 e. The molecule has 0 aromatic heterocycles. The number of benzene rings is 2. The Bertz CT molecular complexity index is 675. The molecule has 0 atom stereocenters. The van der Waals surface area contributed by atoms with Gasteiger partial charge in [-0.3, -0.25) is 4.55 Å². The lowest BCUT2D eigenvalue weighted by Crippen LogP contribution is -2.05. The molecule has 0 saturated carbocycles. The predicted octanol–water partition coefficient (Wildman–Crippen LogP) is 3.22. The van der Waals surface area contributed by atoms with Crippen molar-refractivity contribution in [3.8, 4) is 0 Å². The van der Waals surface area contributed by atoms with Gasteiger partial charge in [0, 0.05) is 0 Å². The molecule has 0 heterocycles. The van der Waals surface area contributed by atoms with Gasteiger partial charge in [0.05, 0.1) is 5.75 Å². The van der Waals surface area contributed by atoms with E-state index in [-0.39, 0.29) is 5.75 Å². The summed E-state index contributed by atoms with van der Waals surface area (Å²) in [5.41, 5.74) is 2.40. The van der Waals surface area contributed by atoms with Crippen LogP contribution in [0.2, 0.25) is 0 Å². The van der Waals surface area contributed by atoms with Gasteiger partial charge in [-0.05, 0) is 41.2 Å². The number of hydrogen-bond donors (Lipinski definition) is 1. The summed E-state index contributed by atoms with van der Waals surface area (Å²) >= 11 is 0. The predicted molar refractivity (Wildman–Crippen MR) is 78.1 cm³/mol. The summed E-state index contributed by atoms with van der Waals surface area (Å²) in [5, 5.41) is 2.35. The van der Waals surface area contributed by atoms with Gasteiger partial charge in [0.25, 0.3) is 10.1 Å². The fourth-order valence-electron chi connectivity index (χ4n) is 2.31. The highest BCUT2D eigenvalue weighted by atomic mass is 32.2. The van der Waals surface area contributed by atoms with Crippen molar-refractivity contribution in [2.75, 3.05) is 5.75 Å². The highest BCUT2D eigenvalue weighted by Crippen LogP contribution is 2.23. The van der Waals surface area contributed by atoms with Crippen molar-refractivity contribution in [2.24, 2.45) is 0 Å². The molecular weight excluding hydrogens is 260 g/mol. The molecule has 2 aromatic rings. The first-order valence-corrected chi connectivity index (χ1v) is 8.06. The first kappa shape index (κ1) is 14.0. The maximum atomic E-state index is 10.8. The van der Waals surface area contributed by atoms with Gasteiger partial charge in [0.1, 0.15) is 0 Å². The second kappa shape index (κ2) is 5.72. The highest BCUT2D eigenvalue weighted by Gasteiger charge is 2.07. The van der Waals surface area contributed by atoms with Crippen LogP contribution in [0.5, 0.6) is 0 Å². The highest BCUT2D eigenvalue weighted by molar-refractivity contribution is 7.85. The van der Waals surface area contributed by atoms with Crippen molar-refractivity contribution >= 4 is 20.9 Å². The van der Waals surface area contributed by atoms with Crippen LogP contribution in [0.1, 0.15) is 24.5 Å². The average Bonchev–Trinajstić information content (AvgIpc) is 2.37. The second-order valence-electron chi connectivity index (χ2n) is 4.72. The molecule has 0 aliphatic heterocycles. The molecule has 0 radical (unpaired) electrons. The number of hydrogen-bond acceptors (Lipinski definition) is 2. The maximum absolute atomic E-state index is 10.8. The molecule has 2 rings (SSSR count). The normalized spacial score (nSPS) is 11.9. The van der Waals surface area contributed by atoms with Crippen molar-refractivity contribution in [1.29, 1.82) is 0 Å². The lowest BCUT2D eigenvalue weighted by molar-refractivity contribution is 0.481. The SMILES string of the molecule is CCc1cc(CCCS(=O)(=O)O)c2ccccc2c1. The molecule has 0 unspecified atom stereocenters. The Labute approximate surface area is 114 Å². The summed E-state index contributed by atoms with van der Waals surface area (Å²) < 4.78 is 30.3. The summed E-state index contributed by atoms with van der Waals surface area (Å²) in [4.78, 5) is 0. The fourth-order valence-corrected chi connectivity index (χ4v) is 2.82. The molecule has 102 valence electrons. The van der Waals surface area contributed by atoms with Crippen LogP contribution in [0, 0.1) is 0 Å². The topological polar surface area (TPSA) is 54.4 Å². The fraction of sp³-hybridized carbons (Fsp3) is 0.333. The zero-order chi connectivity index (χ0) is 13.9. The van der Waals surface area contributed by atoms with Crippen molar-refractivity contribution in [1.82, 2.24) is 0 Å².